The molecule has 27 heavy (non-hydrogen) atoms. The summed E-state index contributed by atoms with van der Waals surface area (Å²) in [6, 6.07) is 14.5. The average molecular weight is 386 g/mol. The zero-order valence-corrected chi connectivity index (χ0v) is 15.5. The van der Waals surface area contributed by atoms with Gasteiger partial charge in [0, 0.05) is 29.6 Å². The molecule has 0 bridgehead atoms. The summed E-state index contributed by atoms with van der Waals surface area (Å²) in [5.74, 6) is -1.24. The molecule has 0 saturated carbocycles. The van der Waals surface area contributed by atoms with E-state index >= 15 is 0 Å². The number of nitrogens with one attached hydrogen (secondary N) is 3. The maximum absolute atomic E-state index is 11.9. The van der Waals surface area contributed by atoms with Crippen LogP contribution in [0.3, 0.4) is 0 Å². The highest BCUT2D eigenvalue weighted by atomic mass is 35.5. The third kappa shape index (κ3) is 6.95. The van der Waals surface area contributed by atoms with E-state index in [-0.39, 0.29) is 18.7 Å². The van der Waals surface area contributed by atoms with Gasteiger partial charge in [-0.1, -0.05) is 48.0 Å². The predicted molar refractivity (Wildman–Crippen MR) is 106 cm³/mol. The molecule has 2 rings (SSSR count). The highest BCUT2D eigenvalue weighted by Gasteiger charge is 2.10. The first kappa shape index (κ1) is 20.2. The van der Waals surface area contributed by atoms with Crippen molar-refractivity contribution in [2.24, 2.45) is 0 Å². The summed E-state index contributed by atoms with van der Waals surface area (Å²) in [4.78, 5) is 35.4. The lowest BCUT2D eigenvalue weighted by molar-refractivity contribution is -0.128. The van der Waals surface area contributed by atoms with Gasteiger partial charge in [0.25, 0.3) is 5.91 Å². The van der Waals surface area contributed by atoms with Crippen LogP contribution in [-0.2, 0) is 14.4 Å². The Balaban J connectivity index is 1.71. The molecule has 0 saturated heterocycles. The molecule has 2 aromatic carbocycles. The minimum Gasteiger partial charge on any atom is -0.326 e. The molecule has 2 aromatic rings. The summed E-state index contributed by atoms with van der Waals surface area (Å²) in [7, 11) is 0. The van der Waals surface area contributed by atoms with Crippen molar-refractivity contribution in [1.82, 2.24) is 10.9 Å². The third-order valence-corrected chi connectivity index (χ3v) is 4.08. The molecule has 6 nitrogen and oxygen atoms in total. The van der Waals surface area contributed by atoms with Crippen LogP contribution in [0.5, 0.6) is 0 Å². The molecule has 3 N–H and O–H groups in total. The van der Waals surface area contributed by atoms with Crippen LogP contribution >= 0.6 is 11.6 Å². The Morgan fingerprint density at radius 2 is 1.63 bits per heavy atom. The highest BCUT2D eigenvalue weighted by molar-refractivity contribution is 6.31. The van der Waals surface area contributed by atoms with Gasteiger partial charge in [0.15, 0.2) is 0 Å². The Hall–Kier alpha value is -3.12. The summed E-state index contributed by atoms with van der Waals surface area (Å²) in [6.45, 7) is 1.79. The zero-order valence-electron chi connectivity index (χ0n) is 14.8. The molecule has 3 amide bonds. The third-order valence-electron chi connectivity index (χ3n) is 3.67. The summed E-state index contributed by atoms with van der Waals surface area (Å²) >= 11 is 6.00. The predicted octanol–water partition coefficient (Wildman–Crippen LogP) is 3.23. The number of hydrazine groups is 1. The lowest BCUT2D eigenvalue weighted by atomic mass is 10.2. The van der Waals surface area contributed by atoms with Crippen LogP contribution < -0.4 is 16.2 Å². The SMILES string of the molecule is Cc1c(Cl)cccc1NC(=O)CCC(=O)NNC(=O)C=Cc1ccccc1. The van der Waals surface area contributed by atoms with Crippen molar-refractivity contribution in [3.05, 3.63) is 70.8 Å². The van der Waals surface area contributed by atoms with Gasteiger partial charge in [-0.05, 0) is 36.3 Å². The van der Waals surface area contributed by atoms with Gasteiger partial charge in [-0.25, -0.2) is 0 Å². The van der Waals surface area contributed by atoms with Crippen molar-refractivity contribution in [2.45, 2.75) is 19.8 Å². The lowest BCUT2D eigenvalue weighted by Gasteiger charge is -2.09. The molecule has 0 aliphatic rings. The van der Waals surface area contributed by atoms with E-state index in [1.807, 2.05) is 30.3 Å². The first-order valence-electron chi connectivity index (χ1n) is 8.32. The van der Waals surface area contributed by atoms with E-state index in [2.05, 4.69) is 16.2 Å². The van der Waals surface area contributed by atoms with Crippen LogP contribution in [0.4, 0.5) is 5.69 Å². The van der Waals surface area contributed by atoms with Crippen LogP contribution in [0.1, 0.15) is 24.0 Å². The number of hydrogen-bond acceptors (Lipinski definition) is 3. The van der Waals surface area contributed by atoms with Gasteiger partial charge in [0.1, 0.15) is 0 Å². The van der Waals surface area contributed by atoms with Crippen LogP contribution in [0.2, 0.25) is 5.02 Å². The maximum atomic E-state index is 11.9. The van der Waals surface area contributed by atoms with Gasteiger partial charge < -0.3 is 5.32 Å². The molecule has 0 atom stereocenters. The van der Waals surface area contributed by atoms with Crippen LogP contribution in [-0.4, -0.2) is 17.7 Å². The number of amides is 3. The number of benzene rings is 2. The zero-order chi connectivity index (χ0) is 19.6. The van der Waals surface area contributed by atoms with Crippen molar-refractivity contribution in [2.75, 3.05) is 5.32 Å². The molecule has 0 radical (unpaired) electrons. The molecule has 140 valence electrons. The van der Waals surface area contributed by atoms with E-state index in [0.29, 0.717) is 10.7 Å². The van der Waals surface area contributed by atoms with Crippen LogP contribution in [0, 0.1) is 6.92 Å². The van der Waals surface area contributed by atoms with E-state index in [4.69, 9.17) is 11.6 Å². The summed E-state index contributed by atoms with van der Waals surface area (Å²) < 4.78 is 0. The Labute approximate surface area is 162 Å². The molecule has 0 heterocycles. The minimum absolute atomic E-state index is 0.0203. The molecule has 0 aliphatic carbocycles. The number of carbonyl (C=O) groups excluding carboxylic acids is 3. The normalized spacial score (nSPS) is 10.4. The highest BCUT2D eigenvalue weighted by Crippen LogP contribution is 2.23. The van der Waals surface area contributed by atoms with Gasteiger partial charge >= 0.3 is 0 Å². The van der Waals surface area contributed by atoms with E-state index in [1.54, 1.807) is 31.2 Å². The van der Waals surface area contributed by atoms with E-state index in [0.717, 1.165) is 11.1 Å². The smallest absolute Gasteiger partial charge is 0.262 e. The number of hydrogen-bond donors (Lipinski definition) is 3. The summed E-state index contributed by atoms with van der Waals surface area (Å²) in [6.07, 6.45) is 2.86. The molecule has 0 aliphatic heterocycles. The second-order valence-electron chi connectivity index (χ2n) is 5.74. The Bertz CT molecular complexity index is 851. The largest absolute Gasteiger partial charge is 0.326 e. The summed E-state index contributed by atoms with van der Waals surface area (Å²) in [5.41, 5.74) is 6.77. The number of anilines is 1. The van der Waals surface area contributed by atoms with Crippen LogP contribution in [0.25, 0.3) is 6.08 Å². The molecule has 0 fully saturated rings. The van der Waals surface area contributed by atoms with Crippen LogP contribution in [0.15, 0.2) is 54.6 Å². The molecular formula is C20H20ClN3O3. The van der Waals surface area contributed by atoms with Crippen molar-refractivity contribution >= 4 is 41.1 Å². The van der Waals surface area contributed by atoms with Gasteiger partial charge in [-0.2, -0.15) is 0 Å². The number of halogens is 1. The Morgan fingerprint density at radius 1 is 0.926 bits per heavy atom. The molecule has 0 aromatic heterocycles. The van der Waals surface area contributed by atoms with Crippen molar-refractivity contribution in [3.63, 3.8) is 0 Å². The average Bonchev–Trinajstić information content (AvgIpc) is 2.67. The van der Waals surface area contributed by atoms with Gasteiger partial charge in [-0.3, -0.25) is 25.2 Å². The molecule has 0 unspecified atom stereocenters. The van der Waals surface area contributed by atoms with E-state index < -0.39 is 11.8 Å². The standard InChI is InChI=1S/C20H20ClN3O3/c1-14-16(21)8-5-9-17(14)22-18(25)12-13-20(27)24-23-19(26)11-10-15-6-3-2-4-7-15/h2-11H,12-13H2,1H3,(H,22,25)(H,23,26)(H,24,27). The Kier molecular flexibility index (Phi) is 7.58. The van der Waals surface area contributed by atoms with Gasteiger partial charge in [0.05, 0.1) is 0 Å². The number of carbonyl (C=O) groups is 3. The van der Waals surface area contributed by atoms with Crippen molar-refractivity contribution in [1.29, 1.82) is 0 Å². The summed E-state index contributed by atoms with van der Waals surface area (Å²) in [5, 5.41) is 3.26. The van der Waals surface area contributed by atoms with Gasteiger partial charge in [0.2, 0.25) is 11.8 Å². The first-order valence-corrected chi connectivity index (χ1v) is 8.70. The second-order valence-corrected chi connectivity index (χ2v) is 6.15. The maximum Gasteiger partial charge on any atom is 0.262 e. The monoisotopic (exact) mass is 385 g/mol. The van der Waals surface area contributed by atoms with E-state index in [1.165, 1.54) is 6.08 Å². The van der Waals surface area contributed by atoms with Crippen molar-refractivity contribution < 1.29 is 14.4 Å². The lowest BCUT2D eigenvalue weighted by Crippen LogP contribution is -2.41. The first-order chi connectivity index (χ1) is 13.0. The van der Waals surface area contributed by atoms with E-state index in [9.17, 15) is 14.4 Å². The minimum atomic E-state index is -0.466. The Morgan fingerprint density at radius 3 is 2.37 bits per heavy atom. The molecular weight excluding hydrogens is 366 g/mol. The fourth-order valence-corrected chi connectivity index (χ4v) is 2.33. The molecule has 0 spiro atoms. The molecule has 7 heteroatoms. The quantitative estimate of drug-likeness (QED) is 0.527. The van der Waals surface area contributed by atoms with Crippen molar-refractivity contribution in [3.8, 4) is 0 Å². The topological polar surface area (TPSA) is 87.3 Å². The number of rotatable bonds is 6. The fraction of sp³-hybridized carbons (Fsp3) is 0.150. The fourth-order valence-electron chi connectivity index (χ4n) is 2.15. The second kappa shape index (κ2) is 10.1. The van der Waals surface area contributed by atoms with Gasteiger partial charge in [-0.15, -0.1) is 0 Å².